The maximum absolute atomic E-state index is 2.35. The summed E-state index contributed by atoms with van der Waals surface area (Å²) in [5.74, 6) is 0. The minimum absolute atomic E-state index is 1.33. The molecule has 0 N–H and O–H groups in total. The molecular weight excluding hydrogens is 276 g/mol. The van der Waals surface area contributed by atoms with Gasteiger partial charge in [-0.2, -0.15) is 0 Å². The van der Waals surface area contributed by atoms with Gasteiger partial charge in [-0.25, -0.2) is 0 Å². The molecule has 0 amide bonds. The van der Waals surface area contributed by atoms with Crippen molar-refractivity contribution in [2.45, 2.75) is 6.92 Å². The molecule has 0 aromatic heterocycles. The van der Waals surface area contributed by atoms with Gasteiger partial charge in [-0.05, 0) is 66.3 Å². The van der Waals surface area contributed by atoms with Crippen LogP contribution in [0.3, 0.4) is 0 Å². The highest BCUT2D eigenvalue weighted by atomic mass is 14.2. The van der Waals surface area contributed by atoms with Crippen molar-refractivity contribution in [1.29, 1.82) is 0 Å². The van der Waals surface area contributed by atoms with E-state index in [1.165, 1.54) is 59.4 Å². The smallest absolute Gasteiger partial charge is 0.00141 e. The molecule has 0 heterocycles. The summed E-state index contributed by atoms with van der Waals surface area (Å²) in [7, 11) is 0. The van der Waals surface area contributed by atoms with E-state index in [0.717, 1.165) is 0 Å². The molecule has 6 aromatic carbocycles. The van der Waals surface area contributed by atoms with E-state index in [9.17, 15) is 0 Å². The second kappa shape index (κ2) is 3.72. The standard InChI is InChI=1S/C23H14/c1-13-11-17-10-9-16-8-7-15-6-5-14-3-2-4-18-19(12-13)21(17)23(16)22(15)20(14)18/h2-12H,1H3. The zero-order valence-electron chi connectivity index (χ0n) is 12.9. The number of fused-ring (bicyclic) bond motifs is 1. The predicted octanol–water partition coefficient (Wildman–Crippen LogP) is 6.64. The largest absolute Gasteiger partial charge is 0.0610 e. The number of hydrogen-bond acceptors (Lipinski definition) is 0. The predicted molar refractivity (Wildman–Crippen MR) is 101 cm³/mol. The maximum atomic E-state index is 2.35. The number of aryl methyl sites for hydroxylation is 1. The molecule has 0 heteroatoms. The lowest BCUT2D eigenvalue weighted by atomic mass is 9.85. The lowest BCUT2D eigenvalue weighted by Crippen LogP contribution is -1.90. The zero-order valence-corrected chi connectivity index (χ0v) is 12.9. The number of rotatable bonds is 0. The van der Waals surface area contributed by atoms with E-state index in [1.807, 2.05) is 0 Å². The van der Waals surface area contributed by atoms with Gasteiger partial charge in [0.05, 0.1) is 0 Å². The minimum atomic E-state index is 1.33. The monoisotopic (exact) mass is 290 g/mol. The normalized spacial score (nSPS) is 12.6. The van der Waals surface area contributed by atoms with Gasteiger partial charge >= 0.3 is 0 Å². The van der Waals surface area contributed by atoms with Gasteiger partial charge < -0.3 is 0 Å². The van der Waals surface area contributed by atoms with Crippen LogP contribution >= 0.6 is 0 Å². The molecule has 106 valence electrons. The molecule has 23 heavy (non-hydrogen) atoms. The molecule has 0 saturated heterocycles. The SMILES string of the molecule is Cc1cc2ccc3ccc4ccc5cccc6c(c1)c2c3c4c56. The van der Waals surface area contributed by atoms with Crippen LogP contribution in [0.25, 0.3) is 53.9 Å². The van der Waals surface area contributed by atoms with E-state index in [4.69, 9.17) is 0 Å². The van der Waals surface area contributed by atoms with Crippen LogP contribution in [0.15, 0.2) is 66.7 Å². The zero-order chi connectivity index (χ0) is 15.1. The van der Waals surface area contributed by atoms with E-state index in [2.05, 4.69) is 73.7 Å². The second-order valence-electron chi connectivity index (χ2n) is 6.71. The quantitative estimate of drug-likeness (QED) is 0.217. The lowest BCUT2D eigenvalue weighted by Gasteiger charge is -2.18. The molecule has 0 spiro atoms. The Hall–Kier alpha value is -2.86. The van der Waals surface area contributed by atoms with Gasteiger partial charge in [-0.15, -0.1) is 0 Å². The molecule has 6 rings (SSSR count). The molecule has 0 radical (unpaired) electrons. The molecule has 0 aliphatic carbocycles. The molecular formula is C23H14. The Morgan fingerprint density at radius 1 is 0.478 bits per heavy atom. The average Bonchev–Trinajstić information content (AvgIpc) is 2.59. The molecule has 0 aliphatic heterocycles. The highest BCUT2D eigenvalue weighted by molar-refractivity contribution is 6.39. The van der Waals surface area contributed by atoms with Crippen molar-refractivity contribution in [3.05, 3.63) is 72.3 Å². The maximum Gasteiger partial charge on any atom is -0.00141 e. The highest BCUT2D eigenvalue weighted by Crippen LogP contribution is 2.44. The Labute approximate surface area is 133 Å². The van der Waals surface area contributed by atoms with Crippen molar-refractivity contribution in [3.63, 3.8) is 0 Å². The summed E-state index contributed by atoms with van der Waals surface area (Å²) >= 11 is 0. The van der Waals surface area contributed by atoms with Crippen molar-refractivity contribution >= 4 is 53.9 Å². The summed E-state index contributed by atoms with van der Waals surface area (Å²) in [6, 6.07) is 25.0. The van der Waals surface area contributed by atoms with Crippen LogP contribution in [0, 0.1) is 6.92 Å². The first-order valence-electron chi connectivity index (χ1n) is 8.13. The van der Waals surface area contributed by atoms with Crippen molar-refractivity contribution in [2.24, 2.45) is 0 Å². The molecule has 0 unspecified atom stereocenters. The van der Waals surface area contributed by atoms with Crippen LogP contribution in [-0.2, 0) is 0 Å². The topological polar surface area (TPSA) is 0 Å². The van der Waals surface area contributed by atoms with E-state index >= 15 is 0 Å². The van der Waals surface area contributed by atoms with Crippen molar-refractivity contribution in [2.75, 3.05) is 0 Å². The molecule has 0 aliphatic rings. The highest BCUT2D eigenvalue weighted by Gasteiger charge is 2.16. The van der Waals surface area contributed by atoms with Crippen LogP contribution in [-0.4, -0.2) is 0 Å². The Balaban J connectivity index is 2.18. The van der Waals surface area contributed by atoms with E-state index in [1.54, 1.807) is 0 Å². The van der Waals surface area contributed by atoms with E-state index in [-0.39, 0.29) is 0 Å². The van der Waals surface area contributed by atoms with Crippen molar-refractivity contribution < 1.29 is 0 Å². The summed E-state index contributed by atoms with van der Waals surface area (Å²) in [6.45, 7) is 2.20. The third-order valence-electron chi connectivity index (χ3n) is 5.35. The molecule has 6 aromatic rings. The lowest BCUT2D eigenvalue weighted by molar-refractivity contribution is 1.53. The van der Waals surface area contributed by atoms with Crippen LogP contribution < -0.4 is 0 Å². The number of benzene rings is 6. The van der Waals surface area contributed by atoms with Gasteiger partial charge in [0, 0.05) is 0 Å². The average molecular weight is 290 g/mol. The molecule has 0 saturated carbocycles. The van der Waals surface area contributed by atoms with E-state index in [0.29, 0.717) is 0 Å². The van der Waals surface area contributed by atoms with Gasteiger partial charge in [0.2, 0.25) is 0 Å². The first-order valence-corrected chi connectivity index (χ1v) is 8.13. The Kier molecular flexibility index (Phi) is 1.89. The van der Waals surface area contributed by atoms with Crippen LogP contribution in [0.2, 0.25) is 0 Å². The minimum Gasteiger partial charge on any atom is -0.0610 e. The first kappa shape index (κ1) is 11.7. The van der Waals surface area contributed by atoms with Crippen LogP contribution in [0.5, 0.6) is 0 Å². The van der Waals surface area contributed by atoms with Crippen molar-refractivity contribution in [1.82, 2.24) is 0 Å². The summed E-state index contributed by atoms with van der Waals surface area (Å²) in [4.78, 5) is 0. The van der Waals surface area contributed by atoms with E-state index < -0.39 is 0 Å². The van der Waals surface area contributed by atoms with Crippen LogP contribution in [0.1, 0.15) is 5.56 Å². The van der Waals surface area contributed by atoms with Crippen LogP contribution in [0.4, 0.5) is 0 Å². The third kappa shape index (κ3) is 1.29. The Morgan fingerprint density at radius 2 is 1.04 bits per heavy atom. The summed E-state index contributed by atoms with van der Waals surface area (Å²) in [6.07, 6.45) is 0. The first-order chi connectivity index (χ1) is 11.3. The summed E-state index contributed by atoms with van der Waals surface area (Å²) in [5, 5.41) is 13.9. The van der Waals surface area contributed by atoms with Gasteiger partial charge in [-0.1, -0.05) is 66.7 Å². The fourth-order valence-corrected chi connectivity index (χ4v) is 4.46. The van der Waals surface area contributed by atoms with Gasteiger partial charge in [0.25, 0.3) is 0 Å². The van der Waals surface area contributed by atoms with Gasteiger partial charge in [0.15, 0.2) is 0 Å². The fourth-order valence-electron chi connectivity index (χ4n) is 4.46. The Bertz CT molecular complexity index is 1350. The number of hydrogen-bond donors (Lipinski definition) is 0. The fraction of sp³-hybridized carbons (Fsp3) is 0.0435. The molecule has 0 nitrogen and oxygen atoms in total. The van der Waals surface area contributed by atoms with Gasteiger partial charge in [0.1, 0.15) is 0 Å². The molecule has 0 fully saturated rings. The molecule has 0 bridgehead atoms. The third-order valence-corrected chi connectivity index (χ3v) is 5.35. The van der Waals surface area contributed by atoms with Gasteiger partial charge in [-0.3, -0.25) is 0 Å². The summed E-state index contributed by atoms with van der Waals surface area (Å²) < 4.78 is 0. The molecule has 0 atom stereocenters. The van der Waals surface area contributed by atoms with Crippen molar-refractivity contribution in [3.8, 4) is 0 Å². The second-order valence-corrected chi connectivity index (χ2v) is 6.71. The summed E-state index contributed by atoms with van der Waals surface area (Å²) in [5.41, 5.74) is 1.33. The Morgan fingerprint density at radius 3 is 1.74 bits per heavy atom.